The number of aromatic nitrogens is 4. The molecule has 10 heteroatoms. The van der Waals surface area contributed by atoms with Gasteiger partial charge < -0.3 is 5.73 Å². The van der Waals surface area contributed by atoms with E-state index in [-0.39, 0.29) is 10.6 Å². The fourth-order valence-corrected chi connectivity index (χ4v) is 3.09. The molecule has 0 saturated heterocycles. The Morgan fingerprint density at radius 2 is 2.18 bits per heavy atom. The molecule has 0 atom stereocenters. The molecule has 0 bridgehead atoms. The second kappa shape index (κ2) is 5.66. The van der Waals surface area contributed by atoms with Crippen LogP contribution in [0.5, 0.6) is 0 Å². The van der Waals surface area contributed by atoms with Gasteiger partial charge in [0, 0.05) is 24.2 Å². The SMILES string of the molecule is Cn1cc(-c2nc(C(=O)Nc3ncc(C(N)=O)s3)cs2)cn1. The number of hydrogen-bond donors (Lipinski definition) is 2. The highest BCUT2D eigenvalue weighted by Crippen LogP contribution is 2.24. The van der Waals surface area contributed by atoms with Gasteiger partial charge in [-0.3, -0.25) is 19.6 Å². The Balaban J connectivity index is 1.75. The summed E-state index contributed by atoms with van der Waals surface area (Å²) in [6, 6.07) is 0. The first kappa shape index (κ1) is 14.4. The largest absolute Gasteiger partial charge is 0.365 e. The Morgan fingerprint density at radius 3 is 2.82 bits per heavy atom. The third-order valence-electron chi connectivity index (χ3n) is 2.66. The first-order valence-corrected chi connectivity index (χ1v) is 7.74. The van der Waals surface area contributed by atoms with E-state index in [1.54, 1.807) is 16.3 Å². The summed E-state index contributed by atoms with van der Waals surface area (Å²) < 4.78 is 1.66. The maximum absolute atomic E-state index is 12.1. The Morgan fingerprint density at radius 1 is 1.36 bits per heavy atom. The van der Waals surface area contributed by atoms with Gasteiger partial charge in [0.2, 0.25) is 0 Å². The zero-order valence-corrected chi connectivity index (χ0v) is 12.9. The van der Waals surface area contributed by atoms with Crippen LogP contribution in [0.25, 0.3) is 10.6 Å². The lowest BCUT2D eigenvalue weighted by Gasteiger charge is -1.96. The molecule has 0 spiro atoms. The summed E-state index contributed by atoms with van der Waals surface area (Å²) >= 11 is 2.36. The number of nitrogens with one attached hydrogen (secondary N) is 1. The molecule has 3 aromatic rings. The molecule has 0 fully saturated rings. The quantitative estimate of drug-likeness (QED) is 0.747. The van der Waals surface area contributed by atoms with Crippen LogP contribution in [0.15, 0.2) is 24.0 Å². The smallest absolute Gasteiger partial charge is 0.276 e. The Kier molecular flexibility index (Phi) is 3.69. The lowest BCUT2D eigenvalue weighted by Crippen LogP contribution is -2.12. The number of amides is 2. The average molecular weight is 334 g/mol. The van der Waals surface area contributed by atoms with E-state index in [0.29, 0.717) is 10.1 Å². The highest BCUT2D eigenvalue weighted by atomic mass is 32.1. The van der Waals surface area contributed by atoms with Crippen LogP contribution in [0.3, 0.4) is 0 Å². The molecule has 3 aromatic heterocycles. The predicted octanol–water partition coefficient (Wildman–Crippen LogP) is 1.35. The van der Waals surface area contributed by atoms with Crippen LogP contribution in [0.2, 0.25) is 0 Å². The average Bonchev–Trinajstić information content (AvgIpc) is 3.16. The zero-order valence-electron chi connectivity index (χ0n) is 11.3. The second-order valence-corrected chi connectivity index (χ2v) is 6.18. The van der Waals surface area contributed by atoms with Crippen LogP contribution < -0.4 is 11.1 Å². The first-order chi connectivity index (χ1) is 10.5. The molecule has 112 valence electrons. The monoisotopic (exact) mass is 334 g/mol. The van der Waals surface area contributed by atoms with Crippen LogP contribution in [-0.2, 0) is 7.05 Å². The van der Waals surface area contributed by atoms with Crippen molar-refractivity contribution in [2.45, 2.75) is 0 Å². The molecule has 0 aliphatic rings. The molecule has 0 radical (unpaired) electrons. The van der Waals surface area contributed by atoms with E-state index in [2.05, 4.69) is 20.4 Å². The molecule has 22 heavy (non-hydrogen) atoms. The van der Waals surface area contributed by atoms with Gasteiger partial charge in [0.1, 0.15) is 15.6 Å². The standard InChI is InChI=1S/C12H10N6O2S2/c1-18-4-6(2-15-18)11-16-7(5-21-11)10(20)17-12-14-3-8(22-12)9(13)19/h2-5H,1H3,(H2,13,19)(H,14,17,20). The number of primary amides is 1. The number of nitrogens with two attached hydrogens (primary N) is 1. The maximum Gasteiger partial charge on any atom is 0.276 e. The molecule has 0 aromatic carbocycles. The van der Waals surface area contributed by atoms with Gasteiger partial charge in [0.05, 0.1) is 12.4 Å². The third-order valence-corrected chi connectivity index (χ3v) is 4.48. The van der Waals surface area contributed by atoms with Gasteiger partial charge in [-0.25, -0.2) is 9.97 Å². The lowest BCUT2D eigenvalue weighted by molar-refractivity contribution is 0.1000. The number of carbonyl (C=O) groups excluding carboxylic acids is 2. The second-order valence-electron chi connectivity index (χ2n) is 4.29. The van der Waals surface area contributed by atoms with Gasteiger partial charge in [-0.2, -0.15) is 5.10 Å². The number of rotatable bonds is 4. The molecule has 0 unspecified atom stereocenters. The predicted molar refractivity (Wildman–Crippen MR) is 82.9 cm³/mol. The van der Waals surface area contributed by atoms with Gasteiger partial charge in [0.25, 0.3) is 11.8 Å². The zero-order chi connectivity index (χ0) is 15.7. The summed E-state index contributed by atoms with van der Waals surface area (Å²) in [6.07, 6.45) is 4.83. The molecule has 2 amide bonds. The maximum atomic E-state index is 12.1. The number of carbonyl (C=O) groups is 2. The number of nitrogens with zero attached hydrogens (tertiary/aromatic N) is 4. The molecule has 0 aliphatic heterocycles. The highest BCUT2D eigenvalue weighted by molar-refractivity contribution is 7.17. The molecule has 3 heterocycles. The minimum atomic E-state index is -0.578. The molecular weight excluding hydrogens is 324 g/mol. The van der Waals surface area contributed by atoms with Crippen molar-refractivity contribution in [2.75, 3.05) is 5.32 Å². The van der Waals surface area contributed by atoms with Crippen LogP contribution in [0, 0.1) is 0 Å². The van der Waals surface area contributed by atoms with Gasteiger partial charge in [-0.05, 0) is 0 Å². The van der Waals surface area contributed by atoms with Crippen molar-refractivity contribution in [1.82, 2.24) is 19.7 Å². The molecule has 0 saturated carbocycles. The normalized spacial score (nSPS) is 10.6. The summed E-state index contributed by atoms with van der Waals surface area (Å²) in [5.41, 5.74) is 6.26. The highest BCUT2D eigenvalue weighted by Gasteiger charge is 2.15. The van der Waals surface area contributed by atoms with Crippen LogP contribution in [0.1, 0.15) is 20.2 Å². The summed E-state index contributed by atoms with van der Waals surface area (Å²) in [6.45, 7) is 0. The fourth-order valence-electron chi connectivity index (χ4n) is 1.65. The van der Waals surface area contributed by atoms with Crippen LogP contribution in [-0.4, -0.2) is 31.6 Å². The lowest BCUT2D eigenvalue weighted by atomic mass is 10.4. The number of hydrogen-bond acceptors (Lipinski definition) is 7. The van der Waals surface area contributed by atoms with E-state index in [1.165, 1.54) is 17.5 Å². The molecule has 8 nitrogen and oxygen atoms in total. The summed E-state index contributed by atoms with van der Waals surface area (Å²) in [7, 11) is 1.81. The summed E-state index contributed by atoms with van der Waals surface area (Å²) in [5, 5.41) is 9.31. The molecule has 0 aliphatic carbocycles. The van der Waals surface area contributed by atoms with Crippen LogP contribution >= 0.6 is 22.7 Å². The first-order valence-electron chi connectivity index (χ1n) is 6.04. The van der Waals surface area contributed by atoms with E-state index in [4.69, 9.17) is 5.73 Å². The van der Waals surface area contributed by atoms with Crippen molar-refractivity contribution in [2.24, 2.45) is 12.8 Å². The molecule has 3 N–H and O–H groups in total. The Labute approximate surface area is 132 Å². The van der Waals surface area contributed by atoms with Crippen molar-refractivity contribution in [3.05, 3.63) is 34.5 Å². The van der Waals surface area contributed by atoms with Crippen molar-refractivity contribution in [1.29, 1.82) is 0 Å². The van der Waals surface area contributed by atoms with Crippen molar-refractivity contribution in [3.8, 4) is 10.6 Å². The Hall–Kier alpha value is -2.59. The van der Waals surface area contributed by atoms with E-state index in [1.807, 2.05) is 13.2 Å². The van der Waals surface area contributed by atoms with Crippen LogP contribution in [0.4, 0.5) is 5.13 Å². The Bertz CT molecular complexity index is 849. The molecule has 3 rings (SSSR count). The number of anilines is 1. The third kappa shape index (κ3) is 2.87. The number of thiazole rings is 2. The van der Waals surface area contributed by atoms with Gasteiger partial charge in [0.15, 0.2) is 5.13 Å². The van der Waals surface area contributed by atoms with Gasteiger partial charge in [-0.1, -0.05) is 11.3 Å². The summed E-state index contributed by atoms with van der Waals surface area (Å²) in [5.74, 6) is -0.970. The van der Waals surface area contributed by atoms with E-state index < -0.39 is 11.8 Å². The topological polar surface area (TPSA) is 116 Å². The molecular formula is C12H10N6O2S2. The van der Waals surface area contributed by atoms with E-state index in [9.17, 15) is 9.59 Å². The van der Waals surface area contributed by atoms with Gasteiger partial charge in [-0.15, -0.1) is 11.3 Å². The van der Waals surface area contributed by atoms with Crippen molar-refractivity contribution < 1.29 is 9.59 Å². The van der Waals surface area contributed by atoms with Crippen molar-refractivity contribution in [3.63, 3.8) is 0 Å². The number of aryl methyl sites for hydroxylation is 1. The van der Waals surface area contributed by atoms with E-state index >= 15 is 0 Å². The fraction of sp³-hybridized carbons (Fsp3) is 0.0833. The summed E-state index contributed by atoms with van der Waals surface area (Å²) in [4.78, 5) is 31.6. The van der Waals surface area contributed by atoms with E-state index in [0.717, 1.165) is 16.9 Å². The minimum Gasteiger partial charge on any atom is -0.365 e. The minimum absolute atomic E-state index is 0.277. The van der Waals surface area contributed by atoms with Crippen molar-refractivity contribution >= 4 is 39.6 Å². The van der Waals surface area contributed by atoms with Gasteiger partial charge >= 0.3 is 0 Å².